The molecule has 26 heavy (non-hydrogen) atoms. The first kappa shape index (κ1) is 16.5. The van der Waals surface area contributed by atoms with Gasteiger partial charge in [-0.3, -0.25) is 4.79 Å². The molecule has 3 aromatic rings. The first-order valence-electron chi connectivity index (χ1n) is 8.81. The van der Waals surface area contributed by atoms with Crippen LogP contribution in [0.1, 0.15) is 34.6 Å². The summed E-state index contributed by atoms with van der Waals surface area (Å²) in [6.07, 6.45) is 5.66. The molecule has 0 saturated heterocycles. The molecule has 0 spiro atoms. The van der Waals surface area contributed by atoms with Crippen molar-refractivity contribution < 1.29 is 9.18 Å². The van der Waals surface area contributed by atoms with Crippen LogP contribution in [0.3, 0.4) is 0 Å². The molecule has 1 fully saturated rings. The van der Waals surface area contributed by atoms with E-state index in [0.29, 0.717) is 18.7 Å². The van der Waals surface area contributed by atoms with Crippen molar-refractivity contribution in [2.45, 2.75) is 32.0 Å². The smallest absolute Gasteiger partial charge is 0.254 e. The third-order valence-electron chi connectivity index (χ3n) is 4.63. The molecule has 4 nitrogen and oxygen atoms in total. The predicted molar refractivity (Wildman–Crippen MR) is 97.1 cm³/mol. The Morgan fingerprint density at radius 2 is 1.96 bits per heavy atom. The standard InChI is InChI=1S/C21H20FN3O/c22-18-8-4-7-17(13-18)21(26)25(19-9-10-19)15-20-23-11-12-24(20)14-16-5-2-1-3-6-16/h1-8,11-13,19H,9-10,14-15H2. The summed E-state index contributed by atoms with van der Waals surface area (Å²) in [5.41, 5.74) is 1.57. The van der Waals surface area contributed by atoms with Crippen LogP contribution in [0.2, 0.25) is 0 Å². The van der Waals surface area contributed by atoms with Crippen LogP contribution in [0.5, 0.6) is 0 Å². The van der Waals surface area contributed by atoms with Crippen molar-refractivity contribution >= 4 is 5.91 Å². The van der Waals surface area contributed by atoms with Crippen molar-refractivity contribution in [3.8, 4) is 0 Å². The number of halogens is 1. The molecular formula is C21H20FN3O. The number of aromatic nitrogens is 2. The van der Waals surface area contributed by atoms with Crippen molar-refractivity contribution in [2.24, 2.45) is 0 Å². The van der Waals surface area contributed by atoms with Crippen molar-refractivity contribution in [1.29, 1.82) is 0 Å². The zero-order chi connectivity index (χ0) is 17.9. The Morgan fingerprint density at radius 1 is 1.15 bits per heavy atom. The number of nitrogens with zero attached hydrogens (tertiary/aromatic N) is 3. The second-order valence-corrected chi connectivity index (χ2v) is 6.63. The monoisotopic (exact) mass is 349 g/mol. The maximum atomic E-state index is 13.5. The SMILES string of the molecule is O=C(c1cccc(F)c1)N(Cc1nccn1Cc1ccccc1)C1CC1. The van der Waals surface area contributed by atoms with Gasteiger partial charge < -0.3 is 9.47 Å². The average Bonchev–Trinajstić information content (AvgIpc) is 3.41. The topological polar surface area (TPSA) is 38.1 Å². The van der Waals surface area contributed by atoms with Crippen LogP contribution in [-0.2, 0) is 13.1 Å². The fourth-order valence-corrected chi connectivity index (χ4v) is 3.11. The zero-order valence-electron chi connectivity index (χ0n) is 14.4. The van der Waals surface area contributed by atoms with E-state index in [4.69, 9.17) is 0 Å². The molecule has 1 aliphatic rings. The summed E-state index contributed by atoms with van der Waals surface area (Å²) >= 11 is 0. The third kappa shape index (κ3) is 3.67. The highest BCUT2D eigenvalue weighted by atomic mass is 19.1. The molecule has 4 rings (SSSR count). The fraction of sp³-hybridized carbons (Fsp3) is 0.238. The summed E-state index contributed by atoms with van der Waals surface area (Å²) in [6.45, 7) is 1.14. The molecule has 1 saturated carbocycles. The van der Waals surface area contributed by atoms with Gasteiger partial charge in [0, 0.05) is 30.5 Å². The van der Waals surface area contributed by atoms with Gasteiger partial charge in [-0.05, 0) is 36.6 Å². The molecule has 132 valence electrons. The van der Waals surface area contributed by atoms with E-state index in [1.807, 2.05) is 29.3 Å². The van der Waals surface area contributed by atoms with Gasteiger partial charge in [-0.1, -0.05) is 36.4 Å². The molecule has 0 unspecified atom stereocenters. The van der Waals surface area contributed by atoms with Gasteiger partial charge in [0.05, 0.1) is 6.54 Å². The molecule has 0 aliphatic heterocycles. The Balaban J connectivity index is 1.55. The van der Waals surface area contributed by atoms with E-state index in [1.165, 1.54) is 17.7 Å². The van der Waals surface area contributed by atoms with E-state index in [0.717, 1.165) is 18.7 Å². The first-order valence-corrected chi connectivity index (χ1v) is 8.81. The number of hydrogen-bond acceptors (Lipinski definition) is 2. The van der Waals surface area contributed by atoms with E-state index in [9.17, 15) is 9.18 Å². The number of benzene rings is 2. The molecule has 1 amide bonds. The van der Waals surface area contributed by atoms with Gasteiger partial charge in [0.2, 0.25) is 0 Å². The lowest BCUT2D eigenvalue weighted by Crippen LogP contribution is -2.33. The number of carbonyl (C=O) groups is 1. The van der Waals surface area contributed by atoms with E-state index in [-0.39, 0.29) is 11.9 Å². The summed E-state index contributed by atoms with van der Waals surface area (Å²) in [7, 11) is 0. The van der Waals surface area contributed by atoms with Gasteiger partial charge in [0.1, 0.15) is 11.6 Å². The molecule has 5 heteroatoms. The molecule has 0 radical (unpaired) electrons. The van der Waals surface area contributed by atoms with Gasteiger partial charge in [0.15, 0.2) is 0 Å². The molecule has 0 bridgehead atoms. The van der Waals surface area contributed by atoms with E-state index >= 15 is 0 Å². The maximum Gasteiger partial charge on any atom is 0.254 e. The average molecular weight is 349 g/mol. The highest BCUT2D eigenvalue weighted by Gasteiger charge is 2.34. The number of amides is 1. The number of imidazole rings is 1. The van der Waals surface area contributed by atoms with Crippen LogP contribution < -0.4 is 0 Å². The normalized spacial score (nSPS) is 13.6. The van der Waals surface area contributed by atoms with Gasteiger partial charge in [-0.25, -0.2) is 9.37 Å². The van der Waals surface area contributed by atoms with Crippen LogP contribution >= 0.6 is 0 Å². The van der Waals surface area contributed by atoms with Crippen LogP contribution in [-0.4, -0.2) is 26.4 Å². The summed E-state index contributed by atoms with van der Waals surface area (Å²) in [6, 6.07) is 16.3. The van der Waals surface area contributed by atoms with Gasteiger partial charge in [0.25, 0.3) is 5.91 Å². The summed E-state index contributed by atoms with van der Waals surface area (Å²) in [5.74, 6) is 0.309. The minimum Gasteiger partial charge on any atom is -0.329 e. The molecule has 1 aromatic heterocycles. The van der Waals surface area contributed by atoms with Crippen LogP contribution in [0, 0.1) is 5.82 Å². The molecular weight excluding hydrogens is 329 g/mol. The van der Waals surface area contributed by atoms with Crippen LogP contribution in [0.15, 0.2) is 67.0 Å². The fourth-order valence-electron chi connectivity index (χ4n) is 3.11. The second kappa shape index (κ2) is 7.12. The highest BCUT2D eigenvalue weighted by molar-refractivity contribution is 5.94. The van der Waals surface area contributed by atoms with Crippen molar-refractivity contribution in [1.82, 2.24) is 14.5 Å². The Hall–Kier alpha value is -2.95. The molecule has 0 atom stereocenters. The number of hydrogen-bond donors (Lipinski definition) is 0. The van der Waals surface area contributed by atoms with Crippen LogP contribution in [0.4, 0.5) is 4.39 Å². The molecule has 1 aliphatic carbocycles. The number of carbonyl (C=O) groups excluding carboxylic acids is 1. The van der Waals surface area contributed by atoms with Crippen LogP contribution in [0.25, 0.3) is 0 Å². The second-order valence-electron chi connectivity index (χ2n) is 6.63. The van der Waals surface area contributed by atoms with E-state index in [2.05, 4.69) is 21.7 Å². The maximum absolute atomic E-state index is 13.5. The zero-order valence-corrected chi connectivity index (χ0v) is 14.4. The van der Waals surface area contributed by atoms with Crippen molar-refractivity contribution in [2.75, 3.05) is 0 Å². The first-order chi connectivity index (χ1) is 12.7. The Kier molecular flexibility index (Phi) is 4.52. The summed E-state index contributed by atoms with van der Waals surface area (Å²) in [4.78, 5) is 19.2. The summed E-state index contributed by atoms with van der Waals surface area (Å²) < 4.78 is 15.6. The quantitative estimate of drug-likeness (QED) is 0.677. The molecule has 0 N–H and O–H groups in total. The van der Waals surface area contributed by atoms with Gasteiger partial charge in [-0.15, -0.1) is 0 Å². The minimum absolute atomic E-state index is 0.138. The molecule has 2 aromatic carbocycles. The number of rotatable bonds is 6. The van der Waals surface area contributed by atoms with E-state index in [1.54, 1.807) is 18.3 Å². The van der Waals surface area contributed by atoms with Gasteiger partial charge in [-0.2, -0.15) is 0 Å². The summed E-state index contributed by atoms with van der Waals surface area (Å²) in [5, 5.41) is 0. The van der Waals surface area contributed by atoms with Crippen molar-refractivity contribution in [3.05, 3.63) is 89.8 Å². The Bertz CT molecular complexity index is 902. The van der Waals surface area contributed by atoms with Gasteiger partial charge >= 0.3 is 0 Å². The Labute approximate surface area is 151 Å². The third-order valence-corrected chi connectivity index (χ3v) is 4.63. The lowest BCUT2D eigenvalue weighted by Gasteiger charge is -2.23. The van der Waals surface area contributed by atoms with Crippen molar-refractivity contribution in [3.63, 3.8) is 0 Å². The van der Waals surface area contributed by atoms with E-state index < -0.39 is 5.82 Å². The predicted octanol–water partition coefficient (Wildman–Crippen LogP) is 3.88. The lowest BCUT2D eigenvalue weighted by atomic mass is 10.2. The Morgan fingerprint density at radius 3 is 2.69 bits per heavy atom. The highest BCUT2D eigenvalue weighted by Crippen LogP contribution is 2.29. The molecule has 1 heterocycles. The lowest BCUT2D eigenvalue weighted by molar-refractivity contribution is 0.0723. The minimum atomic E-state index is -0.392. The largest absolute Gasteiger partial charge is 0.329 e.